The summed E-state index contributed by atoms with van der Waals surface area (Å²) in [5.41, 5.74) is -0.613. The van der Waals surface area contributed by atoms with Gasteiger partial charge in [0.1, 0.15) is 17.3 Å². The van der Waals surface area contributed by atoms with Crippen LogP contribution in [0.25, 0.3) is 6.08 Å². The number of alkyl halides is 3. The van der Waals surface area contributed by atoms with Crippen LogP contribution in [0.15, 0.2) is 36.4 Å². The first-order chi connectivity index (χ1) is 14.8. The number of rotatable bonds is 8. The van der Waals surface area contributed by atoms with Crippen molar-refractivity contribution in [3.8, 4) is 0 Å². The normalized spacial score (nSPS) is 13.1. The Balaban J connectivity index is 2.12. The average molecular weight is 474 g/mol. The van der Waals surface area contributed by atoms with Crippen molar-refractivity contribution < 1.29 is 30.8 Å². The van der Waals surface area contributed by atoms with Gasteiger partial charge in [-0.2, -0.15) is 13.2 Å². The van der Waals surface area contributed by atoms with Gasteiger partial charge >= 0.3 is 6.18 Å². The van der Waals surface area contributed by atoms with Gasteiger partial charge in [0.15, 0.2) is 0 Å². The van der Waals surface area contributed by atoms with E-state index >= 15 is 0 Å². The van der Waals surface area contributed by atoms with Gasteiger partial charge in [-0.05, 0) is 49.8 Å². The molecule has 0 aliphatic rings. The number of sulfonamides is 1. The van der Waals surface area contributed by atoms with Crippen LogP contribution in [0.1, 0.15) is 36.7 Å². The maximum absolute atomic E-state index is 14.1. The van der Waals surface area contributed by atoms with E-state index in [1.54, 1.807) is 13.8 Å². The van der Waals surface area contributed by atoms with E-state index in [1.165, 1.54) is 24.3 Å². The van der Waals surface area contributed by atoms with Gasteiger partial charge in [0, 0.05) is 18.2 Å². The number of benzene rings is 1. The summed E-state index contributed by atoms with van der Waals surface area (Å²) in [6.07, 6.45) is -1.27. The van der Waals surface area contributed by atoms with E-state index in [-0.39, 0.29) is 17.1 Å². The standard InChI is InChI=1S/C20H22F4N4O3S/c1-4-25-19-13(6-9-17(27-19)20(22,23)24)7-10-18(29)26-12(2)14-5-8-16(15(21)11-14)28-32(3,30)31/h5-12,28H,4H2,1-3H3,(H,25,27)(H,26,29)/t12-/m1/s1. The van der Waals surface area contributed by atoms with Crippen LogP contribution in [0.2, 0.25) is 0 Å². The number of carbonyl (C=O) groups is 1. The lowest BCUT2D eigenvalue weighted by molar-refractivity contribution is -0.141. The number of halogens is 4. The van der Waals surface area contributed by atoms with Crippen LogP contribution in [-0.4, -0.2) is 32.1 Å². The van der Waals surface area contributed by atoms with E-state index < -0.39 is 39.7 Å². The molecule has 3 N–H and O–H groups in total. The SMILES string of the molecule is CCNc1nc(C(F)(F)F)ccc1C=CC(=O)N[C@H](C)c1ccc(NS(C)(=O)=O)c(F)c1. The highest BCUT2D eigenvalue weighted by Gasteiger charge is 2.32. The summed E-state index contributed by atoms with van der Waals surface area (Å²) in [6, 6.07) is 5.16. The van der Waals surface area contributed by atoms with Crippen LogP contribution in [0.3, 0.4) is 0 Å². The fraction of sp³-hybridized carbons (Fsp3) is 0.300. The zero-order valence-corrected chi connectivity index (χ0v) is 18.2. The van der Waals surface area contributed by atoms with Crippen LogP contribution in [0.4, 0.5) is 29.1 Å². The summed E-state index contributed by atoms with van der Waals surface area (Å²) >= 11 is 0. The van der Waals surface area contributed by atoms with Crippen LogP contribution < -0.4 is 15.4 Å². The molecule has 0 aliphatic carbocycles. The molecule has 1 amide bonds. The fourth-order valence-corrected chi connectivity index (χ4v) is 3.23. The predicted molar refractivity (Wildman–Crippen MR) is 114 cm³/mol. The lowest BCUT2D eigenvalue weighted by Crippen LogP contribution is -2.24. The first-order valence-electron chi connectivity index (χ1n) is 9.38. The zero-order chi connectivity index (χ0) is 24.1. The minimum absolute atomic E-state index is 0.0181. The highest BCUT2D eigenvalue weighted by molar-refractivity contribution is 7.92. The second-order valence-corrected chi connectivity index (χ2v) is 8.59. The Hall–Kier alpha value is -3.15. The Labute approximate surface area is 183 Å². The lowest BCUT2D eigenvalue weighted by Gasteiger charge is -2.15. The molecule has 174 valence electrons. The van der Waals surface area contributed by atoms with Gasteiger partial charge in [-0.1, -0.05) is 6.07 Å². The zero-order valence-electron chi connectivity index (χ0n) is 17.4. The van der Waals surface area contributed by atoms with Crippen molar-refractivity contribution >= 4 is 33.5 Å². The first-order valence-corrected chi connectivity index (χ1v) is 11.3. The topological polar surface area (TPSA) is 100 Å². The molecule has 0 aliphatic heterocycles. The summed E-state index contributed by atoms with van der Waals surface area (Å²) in [5, 5.41) is 5.32. The Morgan fingerprint density at radius 2 is 1.91 bits per heavy atom. The number of nitrogens with zero attached hydrogens (tertiary/aromatic N) is 1. The van der Waals surface area contributed by atoms with Crippen molar-refractivity contribution in [2.75, 3.05) is 22.8 Å². The molecular formula is C20H22F4N4O3S. The highest BCUT2D eigenvalue weighted by Crippen LogP contribution is 2.30. The van der Waals surface area contributed by atoms with Crippen LogP contribution in [0, 0.1) is 5.82 Å². The van der Waals surface area contributed by atoms with Crippen LogP contribution >= 0.6 is 0 Å². The Bertz CT molecular complexity index is 1120. The minimum Gasteiger partial charge on any atom is -0.370 e. The average Bonchev–Trinajstić information content (AvgIpc) is 2.67. The number of hydrogen-bond donors (Lipinski definition) is 3. The third-order valence-electron chi connectivity index (χ3n) is 4.12. The Kier molecular flexibility index (Phi) is 7.83. The largest absolute Gasteiger partial charge is 0.433 e. The van der Waals surface area contributed by atoms with Crippen LogP contribution in [-0.2, 0) is 21.0 Å². The number of nitrogens with one attached hydrogen (secondary N) is 3. The molecule has 1 atom stereocenters. The van der Waals surface area contributed by atoms with Crippen molar-refractivity contribution in [2.45, 2.75) is 26.1 Å². The molecule has 32 heavy (non-hydrogen) atoms. The molecule has 0 saturated heterocycles. The van der Waals surface area contributed by atoms with Crippen molar-refractivity contribution in [1.29, 1.82) is 0 Å². The number of aromatic nitrogens is 1. The van der Waals surface area contributed by atoms with E-state index in [0.717, 1.165) is 24.5 Å². The predicted octanol–water partition coefficient (Wildman–Crippen LogP) is 3.93. The van der Waals surface area contributed by atoms with E-state index in [4.69, 9.17) is 0 Å². The highest BCUT2D eigenvalue weighted by atomic mass is 32.2. The van der Waals surface area contributed by atoms with Gasteiger partial charge in [-0.3, -0.25) is 9.52 Å². The summed E-state index contributed by atoms with van der Waals surface area (Å²) in [6.45, 7) is 3.61. The molecule has 2 rings (SSSR count). The molecule has 0 radical (unpaired) electrons. The molecule has 12 heteroatoms. The smallest absolute Gasteiger partial charge is 0.370 e. The fourth-order valence-electron chi connectivity index (χ4n) is 2.66. The Morgan fingerprint density at radius 1 is 1.22 bits per heavy atom. The molecular weight excluding hydrogens is 452 g/mol. The second-order valence-electron chi connectivity index (χ2n) is 6.84. The van der Waals surface area contributed by atoms with Gasteiger partial charge in [-0.25, -0.2) is 17.8 Å². The van der Waals surface area contributed by atoms with Crippen molar-refractivity contribution in [3.05, 3.63) is 59.0 Å². The lowest BCUT2D eigenvalue weighted by atomic mass is 10.1. The quantitative estimate of drug-likeness (QED) is 0.398. The summed E-state index contributed by atoms with van der Waals surface area (Å²) in [5.74, 6) is -1.40. The molecule has 1 aromatic carbocycles. The minimum atomic E-state index is -4.60. The van der Waals surface area contributed by atoms with Gasteiger partial charge in [0.2, 0.25) is 15.9 Å². The van der Waals surface area contributed by atoms with E-state index in [9.17, 15) is 30.8 Å². The summed E-state index contributed by atoms with van der Waals surface area (Å²) in [4.78, 5) is 15.8. The molecule has 0 unspecified atom stereocenters. The van der Waals surface area contributed by atoms with Crippen molar-refractivity contribution in [2.24, 2.45) is 0 Å². The molecule has 7 nitrogen and oxygen atoms in total. The summed E-state index contributed by atoms with van der Waals surface area (Å²) < 4.78 is 77.2. The molecule has 1 aromatic heterocycles. The molecule has 0 saturated carbocycles. The third-order valence-corrected chi connectivity index (χ3v) is 4.71. The third kappa shape index (κ3) is 7.22. The van der Waals surface area contributed by atoms with Crippen molar-refractivity contribution in [1.82, 2.24) is 10.3 Å². The molecule has 0 spiro atoms. The van der Waals surface area contributed by atoms with Gasteiger partial charge in [-0.15, -0.1) is 0 Å². The van der Waals surface area contributed by atoms with Crippen LogP contribution in [0.5, 0.6) is 0 Å². The number of pyridine rings is 1. The second kappa shape index (κ2) is 9.98. The number of anilines is 2. The van der Waals surface area contributed by atoms with E-state index in [0.29, 0.717) is 12.1 Å². The van der Waals surface area contributed by atoms with Gasteiger partial charge in [0.05, 0.1) is 18.0 Å². The van der Waals surface area contributed by atoms with E-state index in [1.807, 2.05) is 4.72 Å². The molecule has 2 aromatic rings. The van der Waals surface area contributed by atoms with Gasteiger partial charge < -0.3 is 10.6 Å². The molecule has 0 bridgehead atoms. The van der Waals surface area contributed by atoms with Crippen molar-refractivity contribution in [3.63, 3.8) is 0 Å². The molecule has 1 heterocycles. The monoisotopic (exact) mass is 474 g/mol. The van der Waals surface area contributed by atoms with Gasteiger partial charge in [0.25, 0.3) is 0 Å². The number of carbonyl (C=O) groups excluding carboxylic acids is 1. The number of hydrogen-bond acceptors (Lipinski definition) is 5. The number of amides is 1. The molecule has 0 fully saturated rings. The first kappa shape index (κ1) is 25.1. The summed E-state index contributed by atoms with van der Waals surface area (Å²) in [7, 11) is -3.65. The van der Waals surface area contributed by atoms with E-state index in [2.05, 4.69) is 15.6 Å². The maximum atomic E-state index is 14.1. The Morgan fingerprint density at radius 3 is 2.47 bits per heavy atom. The maximum Gasteiger partial charge on any atom is 0.433 e.